The number of rotatable bonds is 4. The highest BCUT2D eigenvalue weighted by Gasteiger charge is 1.99. The third-order valence-electron chi connectivity index (χ3n) is 1.13. The van der Waals surface area contributed by atoms with E-state index in [-0.39, 0.29) is 36.9 Å². The molecule has 1 unspecified atom stereocenters. The second-order valence-electron chi connectivity index (χ2n) is 2.43. The predicted octanol–water partition coefficient (Wildman–Crippen LogP) is 1.31. The van der Waals surface area contributed by atoms with E-state index >= 15 is 0 Å². The van der Waals surface area contributed by atoms with E-state index in [9.17, 15) is 4.79 Å². The van der Waals surface area contributed by atoms with Crippen LogP contribution in [0.15, 0.2) is 0 Å². The Morgan fingerprint density at radius 1 is 1.54 bits per heavy atom. The molecule has 0 rings (SSSR count). The summed E-state index contributed by atoms with van der Waals surface area (Å²) in [4.78, 5) is 10.7. The summed E-state index contributed by atoms with van der Waals surface area (Å²) in [6.45, 7) is 4.70. The Bertz CT molecular complexity index is 123. The Morgan fingerprint density at radius 3 is 2.46 bits per heavy atom. The van der Waals surface area contributed by atoms with E-state index in [1.807, 2.05) is 13.8 Å². The predicted molar refractivity (Wildman–Crippen MR) is 57.8 cm³/mol. The summed E-state index contributed by atoms with van der Waals surface area (Å²) in [5.41, 5.74) is 5.44. The van der Waals surface area contributed by atoms with Gasteiger partial charge in [-0.3, -0.25) is 0 Å². The Balaban J connectivity index is -0.000000500. The molecule has 0 heterocycles. The molecular weight excluding hydrogens is 215 g/mol. The number of nitrogens with one attached hydrogen (secondary N) is 1. The standard InChI is InChI=1S/C7H16N2O2.2ClH/c1-3-9-7(10)11-5-4-6(2)8;;/h6H,3-5,8H2,1-2H3,(H,9,10);2*1H. The van der Waals surface area contributed by atoms with Crippen molar-refractivity contribution in [1.82, 2.24) is 5.32 Å². The van der Waals surface area contributed by atoms with Gasteiger partial charge in [0.2, 0.25) is 0 Å². The zero-order valence-electron chi connectivity index (χ0n) is 7.91. The van der Waals surface area contributed by atoms with Crippen LogP contribution in [-0.4, -0.2) is 25.3 Å². The first-order valence-corrected chi connectivity index (χ1v) is 3.83. The lowest BCUT2D eigenvalue weighted by Gasteiger charge is -2.06. The largest absolute Gasteiger partial charge is 0.450 e. The second kappa shape index (κ2) is 11.8. The fourth-order valence-corrected chi connectivity index (χ4v) is 0.533. The van der Waals surface area contributed by atoms with E-state index in [1.165, 1.54) is 0 Å². The molecule has 4 nitrogen and oxygen atoms in total. The van der Waals surface area contributed by atoms with Crippen molar-refractivity contribution in [2.45, 2.75) is 26.3 Å². The summed E-state index contributed by atoms with van der Waals surface area (Å²) in [6, 6.07) is 0.0874. The molecule has 0 saturated heterocycles. The van der Waals surface area contributed by atoms with Crippen molar-refractivity contribution in [2.24, 2.45) is 5.73 Å². The lowest BCUT2D eigenvalue weighted by Crippen LogP contribution is -2.26. The van der Waals surface area contributed by atoms with E-state index in [0.717, 1.165) is 0 Å². The van der Waals surface area contributed by atoms with Crippen LogP contribution in [0.2, 0.25) is 0 Å². The number of ether oxygens (including phenoxy) is 1. The third kappa shape index (κ3) is 14.6. The summed E-state index contributed by atoms with van der Waals surface area (Å²) < 4.78 is 4.76. The number of halogens is 2. The van der Waals surface area contributed by atoms with Gasteiger partial charge in [0.05, 0.1) is 6.61 Å². The van der Waals surface area contributed by atoms with Crippen LogP contribution in [0.4, 0.5) is 4.79 Å². The van der Waals surface area contributed by atoms with Crippen LogP contribution in [-0.2, 0) is 4.74 Å². The Labute approximate surface area is 91.4 Å². The van der Waals surface area contributed by atoms with Crippen LogP contribution in [0.25, 0.3) is 0 Å². The van der Waals surface area contributed by atoms with E-state index in [0.29, 0.717) is 19.6 Å². The monoisotopic (exact) mass is 232 g/mol. The maximum absolute atomic E-state index is 10.7. The molecule has 3 N–H and O–H groups in total. The first-order chi connectivity index (χ1) is 5.16. The Morgan fingerprint density at radius 2 is 2.08 bits per heavy atom. The van der Waals surface area contributed by atoms with Crippen molar-refractivity contribution < 1.29 is 9.53 Å². The van der Waals surface area contributed by atoms with Crippen molar-refractivity contribution in [3.63, 3.8) is 0 Å². The van der Waals surface area contributed by atoms with Gasteiger partial charge in [0.15, 0.2) is 0 Å². The normalized spacial score (nSPS) is 10.4. The van der Waals surface area contributed by atoms with Crippen LogP contribution in [0.5, 0.6) is 0 Å². The molecule has 0 aromatic rings. The molecule has 0 aromatic carbocycles. The maximum atomic E-state index is 10.7. The first kappa shape index (κ1) is 18.6. The molecule has 82 valence electrons. The molecule has 0 bridgehead atoms. The van der Waals surface area contributed by atoms with Gasteiger partial charge in [0.1, 0.15) is 0 Å². The number of alkyl carbamates (subject to hydrolysis) is 1. The lowest BCUT2D eigenvalue weighted by atomic mass is 10.3. The number of hydrogen-bond acceptors (Lipinski definition) is 3. The van der Waals surface area contributed by atoms with Crippen LogP contribution in [0, 0.1) is 0 Å². The quantitative estimate of drug-likeness (QED) is 0.769. The average molecular weight is 233 g/mol. The SMILES string of the molecule is CCNC(=O)OCCC(C)N.Cl.Cl. The van der Waals surface area contributed by atoms with Gasteiger partial charge in [-0.05, 0) is 20.3 Å². The number of nitrogens with two attached hydrogens (primary N) is 1. The Kier molecular flexibility index (Phi) is 16.9. The second-order valence-corrected chi connectivity index (χ2v) is 2.43. The summed E-state index contributed by atoms with van der Waals surface area (Å²) >= 11 is 0. The molecule has 0 aliphatic carbocycles. The number of carbonyl (C=O) groups is 1. The molecule has 0 saturated carbocycles. The first-order valence-electron chi connectivity index (χ1n) is 3.83. The smallest absolute Gasteiger partial charge is 0.407 e. The van der Waals surface area contributed by atoms with E-state index < -0.39 is 0 Å². The van der Waals surface area contributed by atoms with Gasteiger partial charge >= 0.3 is 6.09 Å². The van der Waals surface area contributed by atoms with Gasteiger partial charge in [-0.15, -0.1) is 24.8 Å². The molecule has 0 aliphatic heterocycles. The van der Waals surface area contributed by atoms with Crippen LogP contribution in [0.3, 0.4) is 0 Å². The number of amides is 1. The molecule has 13 heavy (non-hydrogen) atoms. The van der Waals surface area contributed by atoms with Crippen LogP contribution in [0.1, 0.15) is 20.3 Å². The highest BCUT2D eigenvalue weighted by molar-refractivity contribution is 5.85. The number of carbonyl (C=O) groups excluding carboxylic acids is 1. The van der Waals surface area contributed by atoms with Gasteiger partial charge in [-0.1, -0.05) is 0 Å². The molecule has 0 fully saturated rings. The van der Waals surface area contributed by atoms with Crippen molar-refractivity contribution in [1.29, 1.82) is 0 Å². The minimum Gasteiger partial charge on any atom is -0.450 e. The topological polar surface area (TPSA) is 64.3 Å². The van der Waals surface area contributed by atoms with Gasteiger partial charge in [-0.25, -0.2) is 4.79 Å². The molecule has 0 spiro atoms. The minimum atomic E-state index is -0.367. The molecular formula is C7H18Cl2N2O2. The van der Waals surface area contributed by atoms with Crippen molar-refractivity contribution in [3.05, 3.63) is 0 Å². The molecule has 0 aromatic heterocycles. The Hall–Kier alpha value is -0.190. The molecule has 0 aliphatic rings. The third-order valence-corrected chi connectivity index (χ3v) is 1.13. The summed E-state index contributed by atoms with van der Waals surface area (Å²) in [5, 5.41) is 2.52. The van der Waals surface area contributed by atoms with Gasteiger partial charge in [0, 0.05) is 12.6 Å². The fraction of sp³-hybridized carbons (Fsp3) is 0.857. The van der Waals surface area contributed by atoms with E-state index in [2.05, 4.69) is 5.32 Å². The van der Waals surface area contributed by atoms with Crippen molar-refractivity contribution in [3.8, 4) is 0 Å². The fourth-order valence-electron chi connectivity index (χ4n) is 0.533. The zero-order valence-corrected chi connectivity index (χ0v) is 9.54. The van der Waals surface area contributed by atoms with Crippen molar-refractivity contribution >= 4 is 30.9 Å². The summed E-state index contributed by atoms with van der Waals surface area (Å²) in [6.07, 6.45) is 0.338. The zero-order chi connectivity index (χ0) is 8.69. The highest BCUT2D eigenvalue weighted by atomic mass is 35.5. The molecule has 6 heteroatoms. The van der Waals surface area contributed by atoms with Gasteiger partial charge < -0.3 is 15.8 Å². The molecule has 1 atom stereocenters. The van der Waals surface area contributed by atoms with Gasteiger partial charge in [0.25, 0.3) is 0 Å². The maximum Gasteiger partial charge on any atom is 0.407 e. The minimum absolute atomic E-state index is 0. The highest BCUT2D eigenvalue weighted by Crippen LogP contribution is 1.87. The van der Waals surface area contributed by atoms with E-state index in [4.69, 9.17) is 10.5 Å². The lowest BCUT2D eigenvalue weighted by molar-refractivity contribution is 0.143. The summed E-state index contributed by atoms with van der Waals surface area (Å²) in [5.74, 6) is 0. The van der Waals surface area contributed by atoms with Crippen LogP contribution >= 0.6 is 24.8 Å². The molecule has 0 radical (unpaired) electrons. The number of hydrogen-bond donors (Lipinski definition) is 2. The molecule has 1 amide bonds. The van der Waals surface area contributed by atoms with Crippen molar-refractivity contribution in [2.75, 3.05) is 13.2 Å². The van der Waals surface area contributed by atoms with Crippen LogP contribution < -0.4 is 11.1 Å². The van der Waals surface area contributed by atoms with Gasteiger partial charge in [-0.2, -0.15) is 0 Å². The average Bonchev–Trinajstić information content (AvgIpc) is 1.87. The van der Waals surface area contributed by atoms with E-state index in [1.54, 1.807) is 0 Å². The summed E-state index contributed by atoms with van der Waals surface area (Å²) in [7, 11) is 0.